The molecule has 0 aromatic heterocycles. The summed E-state index contributed by atoms with van der Waals surface area (Å²) in [6.45, 7) is 0. The highest BCUT2D eigenvalue weighted by molar-refractivity contribution is 6.05. The number of hydrogen-bond acceptors (Lipinski definition) is 3. The van der Waals surface area contributed by atoms with E-state index in [0.717, 1.165) is 0 Å². The summed E-state index contributed by atoms with van der Waals surface area (Å²) in [6.07, 6.45) is -0.226. The van der Waals surface area contributed by atoms with Crippen LogP contribution in [0.3, 0.4) is 0 Å². The average Bonchev–Trinajstić information content (AvgIpc) is 2.41. The van der Waals surface area contributed by atoms with E-state index in [9.17, 15) is 9.90 Å². The number of rotatable bonds is 1. The summed E-state index contributed by atoms with van der Waals surface area (Å²) < 4.78 is 0. The van der Waals surface area contributed by atoms with Crippen LogP contribution in [0.2, 0.25) is 0 Å². The monoisotopic (exact) mass is 188 g/mol. The molecule has 1 aliphatic rings. The molecule has 70 valence electrons. The minimum atomic E-state index is -1.68. The van der Waals surface area contributed by atoms with E-state index in [0.29, 0.717) is 11.3 Å². The Bertz CT molecular complexity index is 436. The van der Waals surface area contributed by atoms with E-state index in [4.69, 9.17) is 5.26 Å². The number of carbonyl (C=O) groups excluding carboxylic acids is 1. The van der Waals surface area contributed by atoms with Crippen molar-refractivity contribution in [2.45, 2.75) is 12.0 Å². The number of hydrogen-bond donors (Lipinski definition) is 2. The summed E-state index contributed by atoms with van der Waals surface area (Å²) in [7, 11) is 0. The third-order valence-electron chi connectivity index (χ3n) is 2.33. The molecule has 1 aliphatic heterocycles. The maximum atomic E-state index is 11.4. The summed E-state index contributed by atoms with van der Waals surface area (Å²) in [5, 5.41) is 21.1. The second-order valence-electron chi connectivity index (χ2n) is 3.19. The van der Waals surface area contributed by atoms with Crippen LogP contribution in [0.1, 0.15) is 12.0 Å². The Labute approximate surface area is 80.8 Å². The quantitative estimate of drug-likeness (QED) is 0.682. The third kappa shape index (κ3) is 0.998. The van der Waals surface area contributed by atoms with Gasteiger partial charge in [0, 0.05) is 11.3 Å². The van der Waals surface area contributed by atoms with Gasteiger partial charge >= 0.3 is 0 Å². The Kier molecular flexibility index (Phi) is 1.76. The fourth-order valence-electron chi connectivity index (χ4n) is 1.59. The summed E-state index contributed by atoms with van der Waals surface area (Å²) in [5.41, 5.74) is -0.618. The van der Waals surface area contributed by atoms with Crippen molar-refractivity contribution in [3.05, 3.63) is 29.8 Å². The molecule has 1 heterocycles. The number of carbonyl (C=O) groups is 1. The Morgan fingerprint density at radius 1 is 1.50 bits per heavy atom. The number of aliphatic hydroxyl groups is 1. The van der Waals surface area contributed by atoms with Crippen LogP contribution in [-0.4, -0.2) is 11.0 Å². The average molecular weight is 188 g/mol. The van der Waals surface area contributed by atoms with Gasteiger partial charge in [-0.3, -0.25) is 4.79 Å². The van der Waals surface area contributed by atoms with Gasteiger partial charge in [-0.15, -0.1) is 0 Å². The maximum Gasteiger partial charge on any atom is 0.262 e. The first-order valence-electron chi connectivity index (χ1n) is 4.19. The van der Waals surface area contributed by atoms with Crippen LogP contribution in [-0.2, 0) is 10.4 Å². The molecule has 14 heavy (non-hydrogen) atoms. The molecule has 4 heteroatoms. The molecule has 1 amide bonds. The van der Waals surface area contributed by atoms with Crippen molar-refractivity contribution in [3.63, 3.8) is 0 Å². The van der Waals surface area contributed by atoms with Crippen LogP contribution in [0, 0.1) is 11.3 Å². The van der Waals surface area contributed by atoms with Gasteiger partial charge in [-0.1, -0.05) is 18.2 Å². The van der Waals surface area contributed by atoms with Gasteiger partial charge in [0.2, 0.25) is 0 Å². The van der Waals surface area contributed by atoms with Crippen LogP contribution in [0.15, 0.2) is 24.3 Å². The van der Waals surface area contributed by atoms with Crippen molar-refractivity contribution >= 4 is 11.6 Å². The molecule has 1 aromatic rings. The van der Waals surface area contributed by atoms with Crippen molar-refractivity contribution in [2.24, 2.45) is 0 Å². The first-order valence-corrected chi connectivity index (χ1v) is 4.19. The number of nitrogens with one attached hydrogen (secondary N) is 1. The molecule has 4 nitrogen and oxygen atoms in total. The van der Waals surface area contributed by atoms with E-state index in [1.807, 2.05) is 6.07 Å². The Hall–Kier alpha value is -1.86. The lowest BCUT2D eigenvalue weighted by Gasteiger charge is -2.16. The van der Waals surface area contributed by atoms with E-state index in [1.165, 1.54) is 0 Å². The van der Waals surface area contributed by atoms with Crippen LogP contribution >= 0.6 is 0 Å². The lowest BCUT2D eigenvalue weighted by Crippen LogP contribution is -2.33. The number of nitriles is 1. The predicted molar refractivity (Wildman–Crippen MR) is 49.2 cm³/mol. The van der Waals surface area contributed by atoms with Crippen molar-refractivity contribution < 1.29 is 9.90 Å². The minimum Gasteiger partial charge on any atom is -0.374 e. The maximum absolute atomic E-state index is 11.4. The molecule has 2 rings (SSSR count). The fourth-order valence-corrected chi connectivity index (χ4v) is 1.59. The largest absolute Gasteiger partial charge is 0.374 e. The number of amides is 1. The molecular weight excluding hydrogens is 180 g/mol. The number of fused-ring (bicyclic) bond motifs is 1. The van der Waals surface area contributed by atoms with Crippen molar-refractivity contribution in [3.8, 4) is 6.07 Å². The first-order chi connectivity index (χ1) is 6.68. The van der Waals surface area contributed by atoms with E-state index in [2.05, 4.69) is 5.32 Å². The second-order valence-corrected chi connectivity index (χ2v) is 3.19. The van der Waals surface area contributed by atoms with Crippen LogP contribution in [0.25, 0.3) is 0 Å². The van der Waals surface area contributed by atoms with E-state index < -0.39 is 11.5 Å². The highest BCUT2D eigenvalue weighted by Crippen LogP contribution is 2.37. The normalized spacial score (nSPS) is 23.9. The zero-order valence-electron chi connectivity index (χ0n) is 7.32. The zero-order valence-corrected chi connectivity index (χ0v) is 7.32. The smallest absolute Gasteiger partial charge is 0.262 e. The summed E-state index contributed by atoms with van der Waals surface area (Å²) in [6, 6.07) is 8.64. The molecule has 1 unspecified atom stereocenters. The Balaban J connectivity index is 2.55. The molecule has 1 atom stereocenters. The SMILES string of the molecule is N#CCC1(O)C(=O)Nc2ccccc21. The Morgan fingerprint density at radius 3 is 2.93 bits per heavy atom. The molecule has 0 fully saturated rings. The van der Waals surface area contributed by atoms with E-state index in [-0.39, 0.29) is 6.42 Å². The first kappa shape index (κ1) is 8.73. The van der Waals surface area contributed by atoms with Gasteiger partial charge in [-0.2, -0.15) is 5.26 Å². The van der Waals surface area contributed by atoms with Gasteiger partial charge in [0.25, 0.3) is 5.91 Å². The number of nitrogens with zero attached hydrogens (tertiary/aromatic N) is 1. The van der Waals surface area contributed by atoms with Crippen LogP contribution in [0.5, 0.6) is 0 Å². The van der Waals surface area contributed by atoms with Gasteiger partial charge in [0.05, 0.1) is 12.5 Å². The molecular formula is C10H8N2O2. The molecule has 0 aliphatic carbocycles. The molecule has 0 saturated heterocycles. The zero-order chi connectivity index (χ0) is 10.2. The minimum absolute atomic E-state index is 0.226. The van der Waals surface area contributed by atoms with Crippen LogP contribution < -0.4 is 5.32 Å². The molecule has 0 bridgehead atoms. The van der Waals surface area contributed by atoms with Crippen LogP contribution in [0.4, 0.5) is 5.69 Å². The fraction of sp³-hybridized carbons (Fsp3) is 0.200. The van der Waals surface area contributed by atoms with Gasteiger partial charge in [-0.05, 0) is 6.07 Å². The summed E-state index contributed by atoms with van der Waals surface area (Å²) in [5.74, 6) is -0.528. The van der Waals surface area contributed by atoms with E-state index >= 15 is 0 Å². The molecule has 0 spiro atoms. The van der Waals surface area contributed by atoms with Crippen molar-refractivity contribution in [1.29, 1.82) is 5.26 Å². The summed E-state index contributed by atoms with van der Waals surface area (Å²) in [4.78, 5) is 11.4. The van der Waals surface area contributed by atoms with E-state index in [1.54, 1.807) is 24.3 Å². The van der Waals surface area contributed by atoms with Gasteiger partial charge in [-0.25, -0.2) is 0 Å². The Morgan fingerprint density at radius 2 is 2.21 bits per heavy atom. The number of benzene rings is 1. The molecule has 2 N–H and O–H groups in total. The number of anilines is 1. The van der Waals surface area contributed by atoms with Gasteiger partial charge in [0.1, 0.15) is 0 Å². The van der Waals surface area contributed by atoms with Crippen molar-refractivity contribution in [1.82, 2.24) is 0 Å². The summed E-state index contributed by atoms with van der Waals surface area (Å²) >= 11 is 0. The standard InChI is InChI=1S/C10H8N2O2/c11-6-5-10(14)7-3-1-2-4-8(7)12-9(10)13/h1-4,14H,5H2,(H,12,13). The highest BCUT2D eigenvalue weighted by atomic mass is 16.3. The van der Waals surface area contributed by atoms with Gasteiger partial charge < -0.3 is 10.4 Å². The number of para-hydroxylation sites is 1. The molecule has 1 aromatic carbocycles. The second kappa shape index (κ2) is 2.82. The third-order valence-corrected chi connectivity index (χ3v) is 2.33. The predicted octanol–water partition coefficient (Wildman–Crippen LogP) is 0.740. The topological polar surface area (TPSA) is 73.1 Å². The lowest BCUT2D eigenvalue weighted by atomic mass is 9.93. The van der Waals surface area contributed by atoms with Gasteiger partial charge in [0.15, 0.2) is 5.60 Å². The lowest BCUT2D eigenvalue weighted by molar-refractivity contribution is -0.133. The molecule has 0 saturated carbocycles. The highest BCUT2D eigenvalue weighted by Gasteiger charge is 2.44. The molecule has 0 radical (unpaired) electrons. The van der Waals surface area contributed by atoms with Crippen molar-refractivity contribution in [2.75, 3.05) is 5.32 Å².